The Morgan fingerprint density at radius 2 is 1.90 bits per heavy atom. The first-order valence-electron chi connectivity index (χ1n) is 10.3. The van der Waals surface area contributed by atoms with Crippen LogP contribution in [0.3, 0.4) is 0 Å². The van der Waals surface area contributed by atoms with Crippen molar-refractivity contribution in [3.63, 3.8) is 0 Å². The molecule has 3 N–H and O–H groups in total. The summed E-state index contributed by atoms with van der Waals surface area (Å²) in [4.78, 5) is 0. The highest BCUT2D eigenvalue weighted by molar-refractivity contribution is 7.17. The van der Waals surface area contributed by atoms with Gasteiger partial charge in [-0.15, -0.1) is 11.3 Å². The van der Waals surface area contributed by atoms with E-state index in [9.17, 15) is 5.11 Å². The van der Waals surface area contributed by atoms with Crippen LogP contribution in [0.4, 0.5) is 0 Å². The molecule has 30 heavy (non-hydrogen) atoms. The number of thiophene rings is 1. The molecule has 0 spiro atoms. The van der Waals surface area contributed by atoms with Crippen molar-refractivity contribution in [2.45, 2.75) is 31.9 Å². The van der Waals surface area contributed by atoms with Crippen molar-refractivity contribution < 1.29 is 9.84 Å². The van der Waals surface area contributed by atoms with Crippen LogP contribution in [0.15, 0.2) is 66.0 Å². The second-order valence-electron chi connectivity index (χ2n) is 7.53. The zero-order valence-electron chi connectivity index (χ0n) is 17.0. The molecule has 0 aliphatic heterocycles. The maximum absolute atomic E-state index is 10.4. The van der Waals surface area contributed by atoms with E-state index >= 15 is 0 Å². The molecule has 5 nitrogen and oxygen atoms in total. The van der Waals surface area contributed by atoms with E-state index in [2.05, 4.69) is 46.7 Å². The first-order chi connectivity index (χ1) is 14.7. The van der Waals surface area contributed by atoms with Gasteiger partial charge in [-0.05, 0) is 48.9 Å². The fraction of sp³-hybridized carbons (Fsp3) is 0.292. The smallest absolute Gasteiger partial charge is 0.128 e. The highest BCUT2D eigenvalue weighted by atomic mass is 32.1. The highest BCUT2D eigenvalue weighted by Gasteiger charge is 2.15. The number of benzene rings is 2. The van der Waals surface area contributed by atoms with Gasteiger partial charge in [-0.3, -0.25) is 5.10 Å². The summed E-state index contributed by atoms with van der Waals surface area (Å²) in [6, 6.07) is 20.7. The molecule has 0 bridgehead atoms. The summed E-state index contributed by atoms with van der Waals surface area (Å²) in [7, 11) is 0. The minimum Gasteiger partial charge on any atom is -0.490 e. The SMILES string of the molecule is CC(CCc1ccccc1)NCC(O)COc1ccccc1-c1n[nH]c2ccsc12. The van der Waals surface area contributed by atoms with Crippen molar-refractivity contribution in [1.29, 1.82) is 0 Å². The fourth-order valence-electron chi connectivity index (χ4n) is 3.43. The summed E-state index contributed by atoms with van der Waals surface area (Å²) in [6.07, 6.45) is 1.46. The summed E-state index contributed by atoms with van der Waals surface area (Å²) < 4.78 is 7.08. The van der Waals surface area contributed by atoms with Crippen molar-refractivity contribution in [2.24, 2.45) is 0 Å². The predicted octanol–water partition coefficient (Wildman–Crippen LogP) is 4.64. The maximum atomic E-state index is 10.4. The van der Waals surface area contributed by atoms with Crippen LogP contribution >= 0.6 is 11.3 Å². The first-order valence-corrected chi connectivity index (χ1v) is 11.2. The number of aliphatic hydroxyl groups is 1. The van der Waals surface area contributed by atoms with Crippen LogP contribution < -0.4 is 10.1 Å². The van der Waals surface area contributed by atoms with Crippen molar-refractivity contribution in [2.75, 3.05) is 13.2 Å². The average Bonchev–Trinajstić information content (AvgIpc) is 3.40. The topological polar surface area (TPSA) is 70.2 Å². The van der Waals surface area contributed by atoms with Gasteiger partial charge >= 0.3 is 0 Å². The van der Waals surface area contributed by atoms with Gasteiger partial charge in [-0.2, -0.15) is 5.10 Å². The third kappa shape index (κ3) is 5.08. The first kappa shape index (κ1) is 20.6. The molecule has 0 amide bonds. The molecule has 0 radical (unpaired) electrons. The Morgan fingerprint density at radius 1 is 1.10 bits per heavy atom. The Balaban J connectivity index is 1.28. The van der Waals surface area contributed by atoms with Crippen LogP contribution in [-0.2, 0) is 6.42 Å². The number of hydrogen-bond acceptors (Lipinski definition) is 5. The molecule has 4 aromatic rings. The number of nitrogens with one attached hydrogen (secondary N) is 2. The van der Waals surface area contributed by atoms with Gasteiger partial charge < -0.3 is 15.2 Å². The van der Waals surface area contributed by atoms with E-state index in [4.69, 9.17) is 4.74 Å². The molecule has 2 unspecified atom stereocenters. The van der Waals surface area contributed by atoms with E-state index in [-0.39, 0.29) is 6.61 Å². The van der Waals surface area contributed by atoms with Gasteiger partial charge in [0.15, 0.2) is 0 Å². The Labute approximate surface area is 180 Å². The van der Waals surface area contributed by atoms with Crippen molar-refractivity contribution in [3.8, 4) is 17.0 Å². The molecule has 6 heteroatoms. The third-order valence-corrected chi connectivity index (χ3v) is 6.07. The lowest BCUT2D eigenvalue weighted by atomic mass is 10.1. The second kappa shape index (κ2) is 9.89. The summed E-state index contributed by atoms with van der Waals surface area (Å²) >= 11 is 1.65. The van der Waals surface area contributed by atoms with Gasteiger partial charge in [0.1, 0.15) is 24.2 Å². The number of para-hydroxylation sites is 1. The summed E-state index contributed by atoms with van der Waals surface area (Å²) in [5, 5.41) is 23.4. The number of fused-ring (bicyclic) bond motifs is 1. The lowest BCUT2D eigenvalue weighted by Gasteiger charge is -2.18. The minimum absolute atomic E-state index is 0.230. The number of aliphatic hydroxyl groups excluding tert-OH is 1. The molecule has 0 fully saturated rings. The molecule has 2 aromatic carbocycles. The molecule has 0 saturated carbocycles. The molecule has 2 aromatic heterocycles. The average molecular weight is 422 g/mol. The largest absolute Gasteiger partial charge is 0.490 e. The number of H-pyrrole nitrogens is 1. The van der Waals surface area contributed by atoms with Crippen LogP contribution in [0.5, 0.6) is 5.75 Å². The Bertz CT molecular complexity index is 1060. The summed E-state index contributed by atoms with van der Waals surface area (Å²) in [6.45, 7) is 2.87. The van der Waals surface area contributed by atoms with Gasteiger partial charge in [0, 0.05) is 18.2 Å². The van der Waals surface area contributed by atoms with Gasteiger partial charge in [0.25, 0.3) is 0 Å². The quantitative estimate of drug-likeness (QED) is 0.349. The van der Waals surface area contributed by atoms with Gasteiger partial charge in [-0.25, -0.2) is 0 Å². The van der Waals surface area contributed by atoms with Crippen LogP contribution in [0.1, 0.15) is 18.9 Å². The van der Waals surface area contributed by atoms with Crippen molar-refractivity contribution in [1.82, 2.24) is 15.5 Å². The van der Waals surface area contributed by atoms with E-state index in [1.54, 1.807) is 11.3 Å². The molecule has 0 saturated heterocycles. The monoisotopic (exact) mass is 421 g/mol. The summed E-state index contributed by atoms with van der Waals surface area (Å²) in [5.41, 5.74) is 4.18. The molecule has 2 atom stereocenters. The fourth-order valence-corrected chi connectivity index (χ4v) is 4.28. The Hall–Kier alpha value is -2.67. The normalized spacial score (nSPS) is 13.4. The standard InChI is InChI=1S/C24H27N3O2S/c1-17(11-12-18-7-3-2-4-8-18)25-15-19(28)16-29-22-10-6-5-9-20(22)23-24-21(26-27-23)13-14-30-24/h2-10,13-14,17,19,25,28H,11-12,15-16H2,1H3,(H,26,27). The second-order valence-corrected chi connectivity index (χ2v) is 8.45. The third-order valence-electron chi connectivity index (χ3n) is 5.15. The highest BCUT2D eigenvalue weighted by Crippen LogP contribution is 2.35. The van der Waals surface area contributed by atoms with Gasteiger partial charge in [0.05, 0.1) is 10.2 Å². The zero-order valence-corrected chi connectivity index (χ0v) is 17.9. The lowest BCUT2D eigenvalue weighted by molar-refractivity contribution is 0.104. The van der Waals surface area contributed by atoms with Gasteiger partial charge in [-0.1, -0.05) is 42.5 Å². The Kier molecular flexibility index (Phi) is 6.79. The van der Waals surface area contributed by atoms with Crippen LogP contribution in [0.2, 0.25) is 0 Å². The molecule has 0 aliphatic rings. The molecule has 2 heterocycles. The number of nitrogens with zero attached hydrogens (tertiary/aromatic N) is 1. The number of ether oxygens (including phenoxy) is 1. The number of aryl methyl sites for hydroxylation is 1. The Morgan fingerprint density at radius 3 is 2.77 bits per heavy atom. The molecular formula is C24H27N3O2S. The molecular weight excluding hydrogens is 394 g/mol. The van der Waals surface area contributed by atoms with Crippen LogP contribution in [0.25, 0.3) is 21.5 Å². The predicted molar refractivity (Wildman–Crippen MR) is 123 cm³/mol. The van der Waals surface area contributed by atoms with E-state index in [1.807, 2.05) is 41.8 Å². The number of aromatic nitrogens is 2. The molecule has 0 aliphatic carbocycles. The number of hydrogen-bond donors (Lipinski definition) is 3. The van der Waals surface area contributed by atoms with E-state index in [0.29, 0.717) is 12.6 Å². The lowest BCUT2D eigenvalue weighted by Crippen LogP contribution is -2.36. The number of rotatable bonds is 10. The maximum Gasteiger partial charge on any atom is 0.128 e. The minimum atomic E-state index is -0.585. The van der Waals surface area contributed by atoms with E-state index < -0.39 is 6.10 Å². The van der Waals surface area contributed by atoms with Crippen LogP contribution in [0, 0.1) is 0 Å². The van der Waals surface area contributed by atoms with Crippen molar-refractivity contribution in [3.05, 3.63) is 71.6 Å². The number of aromatic amines is 1. The molecule has 156 valence electrons. The zero-order chi connectivity index (χ0) is 20.8. The summed E-state index contributed by atoms with van der Waals surface area (Å²) in [5.74, 6) is 0.732. The van der Waals surface area contributed by atoms with E-state index in [1.165, 1.54) is 5.56 Å². The van der Waals surface area contributed by atoms with E-state index in [0.717, 1.165) is 40.1 Å². The van der Waals surface area contributed by atoms with Crippen LogP contribution in [-0.4, -0.2) is 40.6 Å². The van der Waals surface area contributed by atoms with Crippen molar-refractivity contribution >= 4 is 21.6 Å². The molecule has 4 rings (SSSR count). The van der Waals surface area contributed by atoms with Gasteiger partial charge in [0.2, 0.25) is 0 Å².